The number of esters is 1. The zero-order chi connectivity index (χ0) is 13.7. The third-order valence-electron chi connectivity index (χ3n) is 2.33. The van der Waals surface area contributed by atoms with Crippen LogP contribution in [0.25, 0.3) is 0 Å². The van der Waals surface area contributed by atoms with Crippen LogP contribution in [0.15, 0.2) is 0 Å². The molecule has 1 heterocycles. The van der Waals surface area contributed by atoms with Crippen molar-refractivity contribution in [3.8, 4) is 0 Å². The molecule has 18 heavy (non-hydrogen) atoms. The summed E-state index contributed by atoms with van der Waals surface area (Å²) in [5, 5.41) is 2.30. The van der Waals surface area contributed by atoms with Gasteiger partial charge < -0.3 is 15.0 Å². The molecule has 1 saturated heterocycles. The molecule has 0 aromatic carbocycles. The number of likely N-dealkylation sites (N-methyl/N-ethyl adjacent to an activating group) is 1. The average Bonchev–Trinajstić information content (AvgIpc) is 2.60. The summed E-state index contributed by atoms with van der Waals surface area (Å²) in [6, 6.07) is -0.599. The van der Waals surface area contributed by atoms with Gasteiger partial charge in [0.15, 0.2) is 0 Å². The Morgan fingerprint density at radius 1 is 1.44 bits per heavy atom. The van der Waals surface area contributed by atoms with Gasteiger partial charge >= 0.3 is 12.0 Å². The van der Waals surface area contributed by atoms with Crippen molar-refractivity contribution in [2.45, 2.75) is 6.92 Å². The smallest absolute Gasteiger partial charge is 0.325 e. The number of carbonyl (C=O) groups excluding carboxylic acids is 4. The van der Waals surface area contributed by atoms with Crippen LogP contribution < -0.4 is 5.32 Å². The first-order valence-electron chi connectivity index (χ1n) is 5.43. The largest absolute Gasteiger partial charge is 0.465 e. The summed E-state index contributed by atoms with van der Waals surface area (Å²) in [4.78, 5) is 47.2. The fourth-order valence-electron chi connectivity index (χ4n) is 1.36. The van der Waals surface area contributed by atoms with Crippen LogP contribution >= 0.6 is 0 Å². The highest BCUT2D eigenvalue weighted by molar-refractivity contribution is 6.04. The van der Waals surface area contributed by atoms with Gasteiger partial charge in [0.2, 0.25) is 5.91 Å². The van der Waals surface area contributed by atoms with E-state index < -0.39 is 23.8 Å². The van der Waals surface area contributed by atoms with Crippen molar-refractivity contribution < 1.29 is 23.9 Å². The first-order valence-corrected chi connectivity index (χ1v) is 5.43. The number of rotatable bonds is 5. The van der Waals surface area contributed by atoms with Crippen molar-refractivity contribution in [3.63, 3.8) is 0 Å². The van der Waals surface area contributed by atoms with Crippen molar-refractivity contribution in [2.75, 3.05) is 33.3 Å². The standard InChI is InChI=1S/C10H15N3O5/c1-3-18-9(16)6-12(2)8(15)5-13-7(14)4-11-10(13)17/h3-6H2,1-2H3,(H,11,17). The molecule has 8 heteroatoms. The maximum absolute atomic E-state index is 11.7. The number of nitrogens with one attached hydrogen (secondary N) is 1. The van der Waals surface area contributed by atoms with Gasteiger partial charge in [0, 0.05) is 7.05 Å². The lowest BCUT2D eigenvalue weighted by molar-refractivity contribution is -0.148. The van der Waals surface area contributed by atoms with E-state index in [1.807, 2.05) is 0 Å². The predicted molar refractivity (Wildman–Crippen MR) is 59.4 cm³/mol. The summed E-state index contributed by atoms with van der Waals surface area (Å²) < 4.78 is 4.68. The van der Waals surface area contributed by atoms with Crippen LogP contribution in [0.3, 0.4) is 0 Å². The van der Waals surface area contributed by atoms with E-state index in [2.05, 4.69) is 10.1 Å². The maximum Gasteiger partial charge on any atom is 0.325 e. The second kappa shape index (κ2) is 5.99. The summed E-state index contributed by atoms with van der Waals surface area (Å²) in [6.45, 7) is 1.20. The molecule has 1 aliphatic heterocycles. The third-order valence-corrected chi connectivity index (χ3v) is 2.33. The number of carbonyl (C=O) groups is 4. The van der Waals surface area contributed by atoms with Crippen LogP contribution in [0, 0.1) is 0 Å². The average molecular weight is 257 g/mol. The highest BCUT2D eigenvalue weighted by atomic mass is 16.5. The molecule has 1 aliphatic rings. The highest BCUT2D eigenvalue weighted by Crippen LogP contribution is 2.00. The lowest BCUT2D eigenvalue weighted by atomic mass is 10.4. The van der Waals surface area contributed by atoms with Crippen molar-refractivity contribution in [3.05, 3.63) is 0 Å². The molecule has 0 aliphatic carbocycles. The molecule has 100 valence electrons. The number of imide groups is 1. The molecular formula is C10H15N3O5. The zero-order valence-electron chi connectivity index (χ0n) is 10.3. The van der Waals surface area contributed by atoms with Gasteiger partial charge in [-0.1, -0.05) is 0 Å². The Kier molecular flexibility index (Phi) is 4.64. The predicted octanol–water partition coefficient (Wildman–Crippen LogP) is -1.44. The third kappa shape index (κ3) is 3.44. The molecule has 4 amide bonds. The quantitative estimate of drug-likeness (QED) is 0.480. The SMILES string of the molecule is CCOC(=O)CN(C)C(=O)CN1C(=O)CNC1=O. The van der Waals surface area contributed by atoms with Gasteiger partial charge in [0.1, 0.15) is 13.1 Å². The summed E-state index contributed by atoms with van der Waals surface area (Å²) in [6.07, 6.45) is 0. The summed E-state index contributed by atoms with van der Waals surface area (Å²) in [7, 11) is 1.40. The number of ether oxygens (including phenoxy) is 1. The number of hydrogen-bond acceptors (Lipinski definition) is 5. The van der Waals surface area contributed by atoms with Crippen LogP contribution in [-0.2, 0) is 19.1 Å². The van der Waals surface area contributed by atoms with Crippen molar-refractivity contribution in [1.29, 1.82) is 0 Å². The molecule has 0 bridgehead atoms. The first kappa shape index (κ1) is 13.9. The minimum Gasteiger partial charge on any atom is -0.465 e. The van der Waals surface area contributed by atoms with E-state index in [1.54, 1.807) is 6.92 Å². The second-order valence-electron chi connectivity index (χ2n) is 3.69. The van der Waals surface area contributed by atoms with E-state index in [0.717, 1.165) is 9.80 Å². The van der Waals surface area contributed by atoms with Crippen LogP contribution in [0.5, 0.6) is 0 Å². The van der Waals surface area contributed by atoms with Crippen LogP contribution in [0.1, 0.15) is 6.92 Å². The highest BCUT2D eigenvalue weighted by Gasteiger charge is 2.31. The molecule has 1 fully saturated rings. The van der Waals surface area contributed by atoms with Gasteiger partial charge in [-0.15, -0.1) is 0 Å². The Hall–Kier alpha value is -2.12. The van der Waals surface area contributed by atoms with Gasteiger partial charge in [-0.2, -0.15) is 0 Å². The monoisotopic (exact) mass is 257 g/mol. The Morgan fingerprint density at radius 3 is 2.61 bits per heavy atom. The lowest BCUT2D eigenvalue weighted by Gasteiger charge is -2.19. The van der Waals surface area contributed by atoms with Gasteiger partial charge in [-0.05, 0) is 6.92 Å². The van der Waals surface area contributed by atoms with E-state index in [1.165, 1.54) is 7.05 Å². The minimum absolute atomic E-state index is 0.103. The van der Waals surface area contributed by atoms with E-state index in [-0.39, 0.29) is 26.2 Å². The molecular weight excluding hydrogens is 242 g/mol. The summed E-state index contributed by atoms with van der Waals surface area (Å²) in [5.41, 5.74) is 0. The molecule has 0 atom stereocenters. The Balaban J connectivity index is 2.47. The number of nitrogens with zero attached hydrogens (tertiary/aromatic N) is 2. The Bertz CT molecular complexity index is 366. The van der Waals surface area contributed by atoms with Crippen molar-refractivity contribution in [1.82, 2.24) is 15.1 Å². The van der Waals surface area contributed by atoms with E-state index in [0.29, 0.717) is 0 Å². The Labute approximate surface area is 104 Å². The van der Waals surface area contributed by atoms with Crippen LogP contribution in [0.2, 0.25) is 0 Å². The Morgan fingerprint density at radius 2 is 2.11 bits per heavy atom. The van der Waals surface area contributed by atoms with Gasteiger partial charge in [-0.25, -0.2) is 4.79 Å². The van der Waals surface area contributed by atoms with Crippen LogP contribution in [-0.4, -0.2) is 66.9 Å². The molecule has 0 unspecified atom stereocenters. The summed E-state index contributed by atoms with van der Waals surface area (Å²) in [5.74, 6) is -1.50. The fourth-order valence-corrected chi connectivity index (χ4v) is 1.36. The number of amides is 4. The topological polar surface area (TPSA) is 96.0 Å². The van der Waals surface area contributed by atoms with E-state index in [4.69, 9.17) is 0 Å². The molecule has 0 spiro atoms. The maximum atomic E-state index is 11.7. The van der Waals surface area contributed by atoms with E-state index >= 15 is 0 Å². The molecule has 1 rings (SSSR count). The summed E-state index contributed by atoms with van der Waals surface area (Å²) >= 11 is 0. The van der Waals surface area contributed by atoms with Gasteiger partial charge in [0.25, 0.3) is 5.91 Å². The van der Waals surface area contributed by atoms with Gasteiger partial charge in [0.05, 0.1) is 13.2 Å². The zero-order valence-corrected chi connectivity index (χ0v) is 10.3. The number of hydrogen-bond donors (Lipinski definition) is 1. The number of urea groups is 1. The normalized spacial score (nSPS) is 14.4. The molecule has 1 N–H and O–H groups in total. The minimum atomic E-state index is -0.599. The van der Waals surface area contributed by atoms with Crippen LogP contribution in [0.4, 0.5) is 4.79 Å². The molecule has 0 saturated carbocycles. The molecule has 0 radical (unpaired) electrons. The van der Waals surface area contributed by atoms with Crippen molar-refractivity contribution >= 4 is 23.8 Å². The van der Waals surface area contributed by atoms with Gasteiger partial charge in [-0.3, -0.25) is 19.3 Å². The molecule has 8 nitrogen and oxygen atoms in total. The van der Waals surface area contributed by atoms with Crippen molar-refractivity contribution in [2.24, 2.45) is 0 Å². The lowest BCUT2D eigenvalue weighted by Crippen LogP contribution is -2.43. The molecule has 0 aromatic heterocycles. The first-order chi connectivity index (χ1) is 8.45. The fraction of sp³-hybridized carbons (Fsp3) is 0.600. The second-order valence-corrected chi connectivity index (χ2v) is 3.69. The molecule has 0 aromatic rings. The van der Waals surface area contributed by atoms with E-state index in [9.17, 15) is 19.2 Å².